The van der Waals surface area contributed by atoms with Gasteiger partial charge in [-0.15, -0.1) is 0 Å². The smallest absolute Gasteiger partial charge is 0.272 e. The summed E-state index contributed by atoms with van der Waals surface area (Å²) in [4.78, 5) is 16.9. The molecule has 130 valence electrons. The lowest BCUT2D eigenvalue weighted by atomic mass is 9.92. The van der Waals surface area contributed by atoms with Crippen molar-refractivity contribution < 1.29 is 4.79 Å². The number of aromatic amines is 1. The summed E-state index contributed by atoms with van der Waals surface area (Å²) in [5.41, 5.74) is 10.7. The first-order valence-corrected chi connectivity index (χ1v) is 8.62. The lowest BCUT2D eigenvalue weighted by molar-refractivity contribution is 0.0948. The molecule has 1 aliphatic carbocycles. The maximum Gasteiger partial charge on any atom is 0.272 e. The Labute approximate surface area is 145 Å². The Bertz CT molecular complexity index is 925. The van der Waals surface area contributed by atoms with Gasteiger partial charge in [-0.25, -0.2) is 4.98 Å². The Morgan fingerprint density at radius 1 is 1.52 bits per heavy atom. The largest absolute Gasteiger partial charge is 0.350 e. The number of rotatable bonds is 4. The van der Waals surface area contributed by atoms with E-state index in [0.29, 0.717) is 12.2 Å². The van der Waals surface area contributed by atoms with E-state index in [4.69, 9.17) is 5.73 Å². The van der Waals surface area contributed by atoms with E-state index in [1.54, 1.807) is 6.20 Å². The van der Waals surface area contributed by atoms with Crippen LogP contribution >= 0.6 is 0 Å². The van der Waals surface area contributed by atoms with Crippen molar-refractivity contribution in [3.63, 3.8) is 0 Å². The number of fused-ring (bicyclic) bond motifs is 2. The molecule has 1 amide bonds. The number of aryl methyl sites for hydroxylation is 1. The van der Waals surface area contributed by atoms with Gasteiger partial charge in [0.2, 0.25) is 0 Å². The van der Waals surface area contributed by atoms with E-state index in [-0.39, 0.29) is 11.9 Å². The molecule has 0 aromatic carbocycles. The normalized spacial score (nSPS) is 16.8. The van der Waals surface area contributed by atoms with E-state index >= 15 is 0 Å². The first-order chi connectivity index (χ1) is 12.1. The lowest BCUT2D eigenvalue weighted by Gasteiger charge is -2.17. The third-order valence-corrected chi connectivity index (χ3v) is 4.90. The number of nitrogens with one attached hydrogen (secondary N) is 2. The first kappa shape index (κ1) is 15.8. The van der Waals surface area contributed by atoms with Gasteiger partial charge in [0.15, 0.2) is 5.69 Å². The number of nitrogens with zero attached hydrogens (tertiary/aromatic N) is 3. The molecule has 4 rings (SSSR count). The van der Waals surface area contributed by atoms with Crippen LogP contribution in [0.1, 0.15) is 33.7 Å². The van der Waals surface area contributed by atoms with E-state index in [1.165, 1.54) is 5.56 Å². The van der Waals surface area contributed by atoms with E-state index < -0.39 is 0 Å². The average molecular weight is 338 g/mol. The maximum atomic E-state index is 12.5. The van der Waals surface area contributed by atoms with Crippen molar-refractivity contribution in [3.05, 3.63) is 47.0 Å². The number of amides is 1. The van der Waals surface area contributed by atoms with Gasteiger partial charge in [-0.1, -0.05) is 0 Å². The fourth-order valence-electron chi connectivity index (χ4n) is 3.61. The highest BCUT2D eigenvalue weighted by Crippen LogP contribution is 2.22. The molecule has 0 spiro atoms. The van der Waals surface area contributed by atoms with Crippen molar-refractivity contribution in [1.82, 2.24) is 25.1 Å². The van der Waals surface area contributed by atoms with E-state index in [1.807, 2.05) is 17.7 Å². The SMILES string of the molecule is Cn1cc(CCNC(=O)c2n[nH]c3c2CCC(N)C3)c2cccnc21. The summed E-state index contributed by atoms with van der Waals surface area (Å²) >= 11 is 0. The minimum absolute atomic E-state index is 0.119. The van der Waals surface area contributed by atoms with Crippen molar-refractivity contribution >= 4 is 16.9 Å². The topological polar surface area (TPSA) is 102 Å². The molecule has 1 aliphatic rings. The van der Waals surface area contributed by atoms with Crippen LogP contribution in [0.2, 0.25) is 0 Å². The van der Waals surface area contributed by atoms with Crippen LogP contribution in [0.5, 0.6) is 0 Å². The number of pyridine rings is 1. The second kappa shape index (κ2) is 6.33. The molecule has 3 aromatic rings. The van der Waals surface area contributed by atoms with Gasteiger partial charge in [0.25, 0.3) is 5.91 Å². The van der Waals surface area contributed by atoms with Crippen LogP contribution in [-0.4, -0.2) is 38.2 Å². The average Bonchev–Trinajstić information content (AvgIpc) is 3.16. The van der Waals surface area contributed by atoms with Crippen LogP contribution in [0.25, 0.3) is 11.0 Å². The molecule has 0 aliphatic heterocycles. The Morgan fingerprint density at radius 3 is 3.28 bits per heavy atom. The highest BCUT2D eigenvalue weighted by molar-refractivity contribution is 5.94. The molecule has 7 nitrogen and oxygen atoms in total. The molecule has 1 unspecified atom stereocenters. The number of carbonyl (C=O) groups excluding carboxylic acids is 1. The molecule has 25 heavy (non-hydrogen) atoms. The monoisotopic (exact) mass is 338 g/mol. The molecule has 3 aromatic heterocycles. The molecule has 7 heteroatoms. The van der Waals surface area contributed by atoms with Crippen LogP contribution in [-0.2, 0) is 26.3 Å². The first-order valence-electron chi connectivity index (χ1n) is 8.62. The second-order valence-corrected chi connectivity index (χ2v) is 6.68. The Kier molecular flexibility index (Phi) is 4.01. The maximum absolute atomic E-state index is 12.5. The van der Waals surface area contributed by atoms with Crippen LogP contribution in [0, 0.1) is 0 Å². The summed E-state index contributed by atoms with van der Waals surface area (Å²) < 4.78 is 2.01. The predicted octanol–water partition coefficient (Wildman–Crippen LogP) is 1.08. The zero-order chi connectivity index (χ0) is 17.4. The summed E-state index contributed by atoms with van der Waals surface area (Å²) in [7, 11) is 1.98. The van der Waals surface area contributed by atoms with Gasteiger partial charge in [0, 0.05) is 55.1 Å². The molecule has 3 heterocycles. The fourth-order valence-corrected chi connectivity index (χ4v) is 3.61. The number of aromatic nitrogens is 4. The molecule has 0 radical (unpaired) electrons. The van der Waals surface area contributed by atoms with Gasteiger partial charge >= 0.3 is 0 Å². The minimum Gasteiger partial charge on any atom is -0.350 e. The van der Waals surface area contributed by atoms with Crippen molar-refractivity contribution in [2.45, 2.75) is 31.7 Å². The number of H-pyrrole nitrogens is 1. The van der Waals surface area contributed by atoms with Crippen molar-refractivity contribution in [1.29, 1.82) is 0 Å². The Balaban J connectivity index is 1.43. The Hall–Kier alpha value is -2.67. The number of hydrogen-bond donors (Lipinski definition) is 3. The van der Waals surface area contributed by atoms with E-state index in [9.17, 15) is 4.79 Å². The highest BCUT2D eigenvalue weighted by atomic mass is 16.1. The number of carbonyl (C=O) groups is 1. The molecule has 0 fully saturated rings. The van der Waals surface area contributed by atoms with Crippen molar-refractivity contribution in [2.75, 3.05) is 6.54 Å². The van der Waals surface area contributed by atoms with Gasteiger partial charge in [-0.2, -0.15) is 5.10 Å². The third-order valence-electron chi connectivity index (χ3n) is 4.90. The minimum atomic E-state index is -0.119. The summed E-state index contributed by atoms with van der Waals surface area (Å²) in [5, 5.41) is 11.3. The number of nitrogens with two attached hydrogens (primary N) is 1. The fraction of sp³-hybridized carbons (Fsp3) is 0.389. The molecule has 0 saturated carbocycles. The quantitative estimate of drug-likeness (QED) is 0.662. The molecule has 0 saturated heterocycles. The summed E-state index contributed by atoms with van der Waals surface area (Å²) in [6.45, 7) is 0.563. The van der Waals surface area contributed by atoms with Gasteiger partial charge in [0.05, 0.1) is 0 Å². The summed E-state index contributed by atoms with van der Waals surface area (Å²) in [5.74, 6) is -0.119. The summed E-state index contributed by atoms with van der Waals surface area (Å²) in [6.07, 6.45) is 7.09. The molecular weight excluding hydrogens is 316 g/mol. The lowest BCUT2D eigenvalue weighted by Crippen LogP contribution is -2.30. The Morgan fingerprint density at radius 2 is 2.40 bits per heavy atom. The molecule has 1 atom stereocenters. The zero-order valence-corrected chi connectivity index (χ0v) is 14.2. The predicted molar refractivity (Wildman–Crippen MR) is 95.3 cm³/mol. The van der Waals surface area contributed by atoms with Crippen LogP contribution in [0.4, 0.5) is 0 Å². The highest BCUT2D eigenvalue weighted by Gasteiger charge is 2.24. The standard InChI is InChI=1S/C18H22N6O/c1-24-10-11(13-3-2-7-20-17(13)24)6-8-21-18(25)16-14-5-4-12(19)9-15(14)22-23-16/h2-3,7,10,12H,4-6,8-9,19H2,1H3,(H,21,25)(H,22,23). The van der Waals surface area contributed by atoms with Crippen LogP contribution in [0.3, 0.4) is 0 Å². The zero-order valence-electron chi connectivity index (χ0n) is 14.2. The molecule has 4 N–H and O–H groups in total. The van der Waals surface area contributed by atoms with Gasteiger partial charge < -0.3 is 15.6 Å². The molecular formula is C18H22N6O. The second-order valence-electron chi connectivity index (χ2n) is 6.68. The van der Waals surface area contributed by atoms with E-state index in [2.05, 4.69) is 32.8 Å². The third kappa shape index (κ3) is 2.91. The van der Waals surface area contributed by atoms with Crippen molar-refractivity contribution in [2.24, 2.45) is 12.8 Å². The van der Waals surface area contributed by atoms with Crippen molar-refractivity contribution in [3.8, 4) is 0 Å². The van der Waals surface area contributed by atoms with Gasteiger partial charge in [-0.3, -0.25) is 9.89 Å². The van der Waals surface area contributed by atoms with Crippen LogP contribution in [0.15, 0.2) is 24.5 Å². The molecule has 0 bridgehead atoms. The van der Waals surface area contributed by atoms with Gasteiger partial charge in [-0.05, 0) is 37.0 Å². The van der Waals surface area contributed by atoms with Crippen LogP contribution < -0.4 is 11.1 Å². The van der Waals surface area contributed by atoms with Gasteiger partial charge in [0.1, 0.15) is 5.65 Å². The summed E-state index contributed by atoms with van der Waals surface area (Å²) in [6, 6.07) is 4.15. The number of hydrogen-bond acceptors (Lipinski definition) is 4. The van der Waals surface area contributed by atoms with E-state index in [0.717, 1.165) is 48.0 Å².